The fourth-order valence-electron chi connectivity index (χ4n) is 1.78. The van der Waals surface area contributed by atoms with Gasteiger partial charge >= 0.3 is 6.03 Å². The van der Waals surface area contributed by atoms with E-state index in [0.717, 1.165) is 19.4 Å². The Kier molecular flexibility index (Phi) is 6.18. The van der Waals surface area contributed by atoms with Gasteiger partial charge in [0.1, 0.15) is 0 Å². The van der Waals surface area contributed by atoms with Crippen LogP contribution in [-0.4, -0.2) is 55.0 Å². The number of aliphatic hydroxyl groups is 1. The van der Waals surface area contributed by atoms with Crippen molar-refractivity contribution in [3.63, 3.8) is 0 Å². The molecule has 0 unspecified atom stereocenters. The predicted octanol–water partition coefficient (Wildman–Crippen LogP) is 0.579. The molecule has 0 aromatic heterocycles. The number of nitrogens with zero attached hydrogens (tertiary/aromatic N) is 1. The van der Waals surface area contributed by atoms with Gasteiger partial charge in [-0.2, -0.15) is 0 Å². The van der Waals surface area contributed by atoms with E-state index < -0.39 is 0 Å². The van der Waals surface area contributed by atoms with Gasteiger partial charge < -0.3 is 20.1 Å². The molecule has 0 radical (unpaired) electrons. The lowest BCUT2D eigenvalue weighted by Gasteiger charge is -2.35. The van der Waals surface area contributed by atoms with E-state index in [0.29, 0.717) is 26.2 Å². The first-order valence-corrected chi connectivity index (χ1v) is 6.02. The highest BCUT2D eigenvalue weighted by Gasteiger charge is 2.26. The number of carbonyl (C=O) groups excluding carboxylic acids is 1. The number of rotatable bonds is 5. The first kappa shape index (κ1) is 13.3. The van der Waals surface area contributed by atoms with Crippen LogP contribution in [0.5, 0.6) is 0 Å². The lowest BCUT2D eigenvalue weighted by atomic mass is 10.2. The van der Waals surface area contributed by atoms with E-state index in [9.17, 15) is 4.79 Å². The van der Waals surface area contributed by atoms with Gasteiger partial charge in [0.15, 0.2) is 0 Å². The van der Waals surface area contributed by atoms with Gasteiger partial charge in [0.25, 0.3) is 0 Å². The molecular formula is C11H22N2O3. The second-order valence-corrected chi connectivity index (χ2v) is 4.02. The number of aliphatic hydroxyl groups excluding tert-OH is 1. The van der Waals surface area contributed by atoms with Gasteiger partial charge in [-0.3, -0.25) is 0 Å². The summed E-state index contributed by atoms with van der Waals surface area (Å²) in [6, 6.07) is -0.0180. The summed E-state index contributed by atoms with van der Waals surface area (Å²) >= 11 is 0. The van der Waals surface area contributed by atoms with Crippen LogP contribution < -0.4 is 5.32 Å². The molecule has 2 amide bonds. The third-order valence-corrected chi connectivity index (χ3v) is 2.76. The van der Waals surface area contributed by atoms with Crippen LogP contribution in [0.1, 0.15) is 26.2 Å². The van der Waals surface area contributed by atoms with Gasteiger partial charge in [0.05, 0.1) is 19.3 Å². The minimum absolute atomic E-state index is 0.0142. The van der Waals surface area contributed by atoms with Gasteiger partial charge in [-0.05, 0) is 12.8 Å². The summed E-state index contributed by atoms with van der Waals surface area (Å²) in [5, 5.41) is 11.8. The molecule has 0 spiro atoms. The van der Waals surface area contributed by atoms with E-state index in [-0.39, 0.29) is 18.7 Å². The first-order chi connectivity index (χ1) is 7.79. The molecule has 2 N–H and O–H groups in total. The third kappa shape index (κ3) is 3.98. The van der Waals surface area contributed by atoms with Crippen LogP contribution in [-0.2, 0) is 4.74 Å². The van der Waals surface area contributed by atoms with Crippen LogP contribution in [0.2, 0.25) is 0 Å². The maximum atomic E-state index is 11.8. The van der Waals surface area contributed by atoms with E-state index in [1.807, 2.05) is 0 Å². The molecule has 1 rings (SSSR count). The van der Waals surface area contributed by atoms with Crippen molar-refractivity contribution in [3.05, 3.63) is 0 Å². The van der Waals surface area contributed by atoms with Crippen LogP contribution in [0.15, 0.2) is 0 Å². The SMILES string of the molecule is CCCCNC(=O)N1CCOC[C@H]1CCO. The highest BCUT2D eigenvalue weighted by Crippen LogP contribution is 2.10. The quantitative estimate of drug-likeness (QED) is 0.679. The third-order valence-electron chi connectivity index (χ3n) is 2.76. The molecule has 1 aliphatic rings. The number of unbranched alkanes of at least 4 members (excludes halogenated alkanes) is 1. The molecular weight excluding hydrogens is 208 g/mol. The average Bonchev–Trinajstić information content (AvgIpc) is 2.30. The van der Waals surface area contributed by atoms with E-state index in [4.69, 9.17) is 9.84 Å². The van der Waals surface area contributed by atoms with Crippen molar-refractivity contribution >= 4 is 6.03 Å². The Labute approximate surface area is 96.8 Å². The van der Waals surface area contributed by atoms with Crippen molar-refractivity contribution in [2.45, 2.75) is 32.2 Å². The van der Waals surface area contributed by atoms with Gasteiger partial charge in [0, 0.05) is 19.7 Å². The summed E-state index contributed by atoms with van der Waals surface area (Å²) in [6.45, 7) is 4.63. The minimum Gasteiger partial charge on any atom is -0.396 e. The summed E-state index contributed by atoms with van der Waals surface area (Å²) in [5.41, 5.74) is 0. The Bertz CT molecular complexity index is 209. The van der Waals surface area contributed by atoms with Crippen LogP contribution >= 0.6 is 0 Å². The fraction of sp³-hybridized carbons (Fsp3) is 0.909. The molecule has 1 atom stereocenters. The largest absolute Gasteiger partial charge is 0.396 e. The monoisotopic (exact) mass is 230 g/mol. The van der Waals surface area contributed by atoms with Crippen LogP contribution in [0, 0.1) is 0 Å². The standard InChI is InChI=1S/C11H22N2O3/c1-2-3-5-12-11(15)13-6-8-16-9-10(13)4-7-14/h10,14H,2-9H2,1H3,(H,12,15)/t10-/m1/s1. The summed E-state index contributed by atoms with van der Waals surface area (Å²) in [4.78, 5) is 13.6. The second kappa shape index (κ2) is 7.46. The van der Waals surface area contributed by atoms with E-state index in [1.54, 1.807) is 4.90 Å². The molecule has 0 aromatic rings. The minimum atomic E-state index is -0.0322. The zero-order chi connectivity index (χ0) is 11.8. The van der Waals surface area contributed by atoms with Crippen molar-refractivity contribution in [2.24, 2.45) is 0 Å². The second-order valence-electron chi connectivity index (χ2n) is 4.02. The lowest BCUT2D eigenvalue weighted by molar-refractivity contribution is 0.00438. The molecule has 94 valence electrons. The number of hydrogen-bond donors (Lipinski definition) is 2. The van der Waals surface area contributed by atoms with Crippen LogP contribution in [0.4, 0.5) is 4.79 Å². The smallest absolute Gasteiger partial charge is 0.317 e. The van der Waals surface area contributed by atoms with Crippen molar-refractivity contribution in [2.75, 3.05) is 32.9 Å². The zero-order valence-electron chi connectivity index (χ0n) is 9.95. The normalized spacial score (nSPS) is 20.9. The van der Waals surface area contributed by atoms with Gasteiger partial charge in [-0.1, -0.05) is 13.3 Å². The number of nitrogens with one attached hydrogen (secondary N) is 1. The number of hydrogen-bond acceptors (Lipinski definition) is 3. The number of ether oxygens (including phenoxy) is 1. The highest BCUT2D eigenvalue weighted by molar-refractivity contribution is 5.74. The zero-order valence-corrected chi connectivity index (χ0v) is 9.95. The van der Waals surface area contributed by atoms with Crippen molar-refractivity contribution in [3.8, 4) is 0 Å². The van der Waals surface area contributed by atoms with E-state index in [2.05, 4.69) is 12.2 Å². The highest BCUT2D eigenvalue weighted by atomic mass is 16.5. The Morgan fingerprint density at radius 1 is 1.62 bits per heavy atom. The van der Waals surface area contributed by atoms with E-state index in [1.165, 1.54) is 0 Å². The molecule has 0 saturated carbocycles. The Hall–Kier alpha value is -0.810. The van der Waals surface area contributed by atoms with Gasteiger partial charge in [-0.15, -0.1) is 0 Å². The first-order valence-electron chi connectivity index (χ1n) is 6.02. The number of amides is 2. The van der Waals surface area contributed by atoms with Crippen molar-refractivity contribution in [1.29, 1.82) is 0 Å². The molecule has 1 fully saturated rings. The molecule has 1 saturated heterocycles. The molecule has 1 heterocycles. The van der Waals surface area contributed by atoms with Crippen LogP contribution in [0.3, 0.4) is 0 Å². The van der Waals surface area contributed by atoms with Crippen molar-refractivity contribution in [1.82, 2.24) is 10.2 Å². The summed E-state index contributed by atoms with van der Waals surface area (Å²) in [6.07, 6.45) is 2.66. The molecule has 0 aromatic carbocycles. The van der Waals surface area contributed by atoms with Crippen LogP contribution in [0.25, 0.3) is 0 Å². The number of carbonyl (C=O) groups is 1. The molecule has 0 aliphatic carbocycles. The molecule has 16 heavy (non-hydrogen) atoms. The lowest BCUT2D eigenvalue weighted by Crippen LogP contribution is -2.52. The number of morpholine rings is 1. The van der Waals surface area contributed by atoms with Gasteiger partial charge in [-0.25, -0.2) is 4.79 Å². The fourth-order valence-corrected chi connectivity index (χ4v) is 1.78. The molecule has 1 aliphatic heterocycles. The average molecular weight is 230 g/mol. The summed E-state index contributed by atoms with van der Waals surface area (Å²) in [7, 11) is 0. The van der Waals surface area contributed by atoms with Gasteiger partial charge in [0.2, 0.25) is 0 Å². The predicted molar refractivity (Wildman–Crippen MR) is 61.3 cm³/mol. The Balaban J connectivity index is 2.37. The summed E-state index contributed by atoms with van der Waals surface area (Å²) in [5.74, 6) is 0. The maximum Gasteiger partial charge on any atom is 0.317 e. The number of urea groups is 1. The Morgan fingerprint density at radius 3 is 3.12 bits per heavy atom. The molecule has 5 nitrogen and oxygen atoms in total. The maximum absolute atomic E-state index is 11.8. The van der Waals surface area contributed by atoms with E-state index >= 15 is 0 Å². The molecule has 5 heteroatoms. The molecule has 0 bridgehead atoms. The summed E-state index contributed by atoms with van der Waals surface area (Å²) < 4.78 is 5.31. The topological polar surface area (TPSA) is 61.8 Å². The Morgan fingerprint density at radius 2 is 2.44 bits per heavy atom. The van der Waals surface area contributed by atoms with Crippen molar-refractivity contribution < 1.29 is 14.6 Å².